The Hall–Kier alpha value is -2.66. The highest BCUT2D eigenvalue weighted by molar-refractivity contribution is 5.90. The lowest BCUT2D eigenvalue weighted by Crippen LogP contribution is -2.36. The predicted molar refractivity (Wildman–Crippen MR) is 115 cm³/mol. The highest BCUT2D eigenvalue weighted by atomic mass is 16.3. The Kier molecular flexibility index (Phi) is 8.20. The first-order valence-electron chi connectivity index (χ1n) is 9.80. The second-order valence-electron chi connectivity index (χ2n) is 7.09. The van der Waals surface area contributed by atoms with E-state index in [9.17, 15) is 9.90 Å². The third-order valence-corrected chi connectivity index (χ3v) is 5.13. The molecule has 0 aliphatic carbocycles. The van der Waals surface area contributed by atoms with Crippen LogP contribution in [0.15, 0.2) is 53.6 Å². The van der Waals surface area contributed by atoms with Crippen molar-refractivity contribution in [3.63, 3.8) is 0 Å². The van der Waals surface area contributed by atoms with E-state index >= 15 is 0 Å². The molecule has 0 aliphatic heterocycles. The van der Waals surface area contributed by atoms with Crippen LogP contribution < -0.4 is 11.2 Å². The van der Waals surface area contributed by atoms with Gasteiger partial charge in [-0.2, -0.15) is 5.10 Å². The Bertz CT molecular complexity index is 800. The third-order valence-electron chi connectivity index (χ3n) is 5.13. The number of hydrazone groups is 1. The van der Waals surface area contributed by atoms with Crippen molar-refractivity contribution in [2.24, 2.45) is 22.7 Å². The number of benzene rings is 2. The van der Waals surface area contributed by atoms with Gasteiger partial charge >= 0.3 is 0 Å². The van der Waals surface area contributed by atoms with E-state index in [1.165, 1.54) is 0 Å². The van der Waals surface area contributed by atoms with Crippen LogP contribution in [0, 0.1) is 11.8 Å². The number of carbonyl (C=O) groups is 1. The summed E-state index contributed by atoms with van der Waals surface area (Å²) in [6.07, 6.45) is 2.34. The van der Waals surface area contributed by atoms with Crippen molar-refractivity contribution in [1.29, 1.82) is 0 Å². The quantitative estimate of drug-likeness (QED) is 0.334. The van der Waals surface area contributed by atoms with Gasteiger partial charge in [-0.15, -0.1) is 0 Å². The summed E-state index contributed by atoms with van der Waals surface area (Å²) in [6.45, 7) is 3.74. The third kappa shape index (κ3) is 5.42. The van der Waals surface area contributed by atoms with Crippen molar-refractivity contribution in [3.8, 4) is 11.1 Å². The zero-order valence-corrected chi connectivity index (χ0v) is 17.0. The van der Waals surface area contributed by atoms with Crippen LogP contribution in [0.5, 0.6) is 0 Å². The molecule has 0 aromatic heterocycles. The molecule has 0 bridgehead atoms. The number of amidine groups is 1. The minimum Gasteiger partial charge on any atom is -0.392 e. The first kappa shape index (κ1) is 21.6. The SMILES string of the molecule is CCC[C@H](C(C)=O)[C@H](Cc1ccccc1-c1ccc(CO)cc1)/C(N)=N/NC. The van der Waals surface area contributed by atoms with Gasteiger partial charge in [0.25, 0.3) is 0 Å². The molecule has 0 fully saturated rings. The number of Topliss-reactive ketones (excluding diaryl/α,β-unsaturated/α-hetero) is 1. The smallest absolute Gasteiger partial charge is 0.133 e. The van der Waals surface area contributed by atoms with Crippen molar-refractivity contribution in [1.82, 2.24) is 5.43 Å². The summed E-state index contributed by atoms with van der Waals surface area (Å²) in [6, 6.07) is 16.1. The highest BCUT2D eigenvalue weighted by Crippen LogP contribution is 2.30. The number of hydrogen-bond donors (Lipinski definition) is 3. The highest BCUT2D eigenvalue weighted by Gasteiger charge is 2.29. The molecule has 5 nitrogen and oxygen atoms in total. The molecule has 2 aromatic rings. The van der Waals surface area contributed by atoms with E-state index in [-0.39, 0.29) is 24.2 Å². The molecule has 5 heteroatoms. The summed E-state index contributed by atoms with van der Waals surface area (Å²) >= 11 is 0. The monoisotopic (exact) mass is 381 g/mol. The van der Waals surface area contributed by atoms with Crippen LogP contribution in [0.1, 0.15) is 37.8 Å². The van der Waals surface area contributed by atoms with E-state index in [1.807, 2.05) is 36.4 Å². The number of nitrogens with one attached hydrogen (secondary N) is 1. The number of nitrogens with zero attached hydrogens (tertiary/aromatic N) is 1. The first-order chi connectivity index (χ1) is 13.5. The van der Waals surface area contributed by atoms with Gasteiger partial charge in [-0.1, -0.05) is 61.9 Å². The number of rotatable bonds is 10. The lowest BCUT2D eigenvalue weighted by Gasteiger charge is -2.25. The summed E-state index contributed by atoms with van der Waals surface area (Å²) in [7, 11) is 1.71. The molecule has 0 unspecified atom stereocenters. The molecule has 2 rings (SSSR count). The Morgan fingerprint density at radius 3 is 2.39 bits per heavy atom. The largest absolute Gasteiger partial charge is 0.392 e. The molecular formula is C23H31N3O2. The second-order valence-corrected chi connectivity index (χ2v) is 7.09. The van der Waals surface area contributed by atoms with Gasteiger partial charge in [0.15, 0.2) is 0 Å². The Morgan fingerprint density at radius 1 is 1.14 bits per heavy atom. The Morgan fingerprint density at radius 2 is 1.82 bits per heavy atom. The van der Waals surface area contributed by atoms with Crippen molar-refractivity contribution in [3.05, 3.63) is 59.7 Å². The van der Waals surface area contributed by atoms with Crippen LogP contribution in [-0.4, -0.2) is 23.8 Å². The van der Waals surface area contributed by atoms with Crippen molar-refractivity contribution >= 4 is 11.6 Å². The number of carbonyl (C=O) groups excluding carboxylic acids is 1. The lowest BCUT2D eigenvalue weighted by atomic mass is 9.79. The van der Waals surface area contributed by atoms with Crippen molar-refractivity contribution in [2.75, 3.05) is 7.05 Å². The Labute approximate surface area is 167 Å². The number of aliphatic hydroxyl groups is 1. The lowest BCUT2D eigenvalue weighted by molar-refractivity contribution is -0.121. The number of hydrogen-bond acceptors (Lipinski definition) is 4. The fraction of sp³-hybridized carbons (Fsp3) is 0.391. The van der Waals surface area contributed by atoms with Crippen LogP contribution in [0.4, 0.5) is 0 Å². The predicted octanol–water partition coefficient (Wildman–Crippen LogP) is 3.50. The minimum absolute atomic E-state index is 0.0261. The topological polar surface area (TPSA) is 87.7 Å². The number of nitrogens with two attached hydrogens (primary N) is 1. The molecule has 0 saturated heterocycles. The molecule has 2 atom stereocenters. The molecule has 0 spiro atoms. The first-order valence-corrected chi connectivity index (χ1v) is 9.80. The second kappa shape index (κ2) is 10.6. The molecule has 0 aliphatic rings. The normalized spacial score (nSPS) is 13.8. The molecule has 0 heterocycles. The average Bonchev–Trinajstić information content (AvgIpc) is 2.71. The van der Waals surface area contributed by atoms with Gasteiger partial charge in [0.2, 0.25) is 0 Å². The molecule has 2 aromatic carbocycles. The van der Waals surface area contributed by atoms with Gasteiger partial charge in [-0.25, -0.2) is 0 Å². The molecule has 0 amide bonds. The van der Waals surface area contributed by atoms with E-state index in [1.54, 1.807) is 14.0 Å². The van der Waals surface area contributed by atoms with E-state index < -0.39 is 0 Å². The molecule has 150 valence electrons. The maximum Gasteiger partial charge on any atom is 0.133 e. The molecular weight excluding hydrogens is 350 g/mol. The van der Waals surface area contributed by atoms with E-state index in [4.69, 9.17) is 5.73 Å². The zero-order chi connectivity index (χ0) is 20.5. The van der Waals surface area contributed by atoms with Gasteiger partial charge in [0.05, 0.1) is 6.61 Å². The van der Waals surface area contributed by atoms with E-state index in [0.717, 1.165) is 35.1 Å². The van der Waals surface area contributed by atoms with E-state index in [2.05, 4.69) is 29.6 Å². The van der Waals surface area contributed by atoms with Crippen molar-refractivity contribution in [2.45, 2.75) is 39.7 Å². The van der Waals surface area contributed by atoms with Gasteiger partial charge in [0.1, 0.15) is 11.6 Å². The molecule has 0 radical (unpaired) electrons. The van der Waals surface area contributed by atoms with E-state index in [0.29, 0.717) is 12.3 Å². The summed E-state index contributed by atoms with van der Waals surface area (Å²) < 4.78 is 0. The molecule has 4 N–H and O–H groups in total. The maximum absolute atomic E-state index is 12.3. The average molecular weight is 382 g/mol. The maximum atomic E-state index is 12.3. The summed E-state index contributed by atoms with van der Waals surface area (Å²) in [5.41, 5.74) is 13.2. The summed E-state index contributed by atoms with van der Waals surface area (Å²) in [5.74, 6) is 0.280. The van der Waals surface area contributed by atoms with Gasteiger partial charge in [-0.05, 0) is 42.0 Å². The van der Waals surface area contributed by atoms with Crippen LogP contribution >= 0.6 is 0 Å². The summed E-state index contributed by atoms with van der Waals surface area (Å²) in [5, 5.41) is 13.5. The van der Waals surface area contributed by atoms with Gasteiger partial charge in [-0.3, -0.25) is 4.79 Å². The van der Waals surface area contributed by atoms with Crippen LogP contribution in [0.3, 0.4) is 0 Å². The van der Waals surface area contributed by atoms with Gasteiger partial charge in [0, 0.05) is 18.9 Å². The molecule has 0 saturated carbocycles. The number of ketones is 1. The van der Waals surface area contributed by atoms with Crippen LogP contribution in [0.2, 0.25) is 0 Å². The minimum atomic E-state index is -0.164. The van der Waals surface area contributed by atoms with Crippen LogP contribution in [-0.2, 0) is 17.8 Å². The fourth-order valence-electron chi connectivity index (χ4n) is 3.67. The van der Waals surface area contributed by atoms with Crippen molar-refractivity contribution < 1.29 is 9.90 Å². The van der Waals surface area contributed by atoms with Gasteiger partial charge < -0.3 is 16.3 Å². The Balaban J connectivity index is 2.43. The summed E-state index contributed by atoms with van der Waals surface area (Å²) in [4.78, 5) is 12.3. The number of aliphatic hydroxyl groups excluding tert-OH is 1. The molecule has 28 heavy (non-hydrogen) atoms. The standard InChI is InChI=1S/C23H31N3O2/c1-4-7-20(16(2)28)22(23(24)26-25-3)14-19-8-5-6-9-21(19)18-12-10-17(15-27)11-13-18/h5-6,8-13,20,22,25,27H,4,7,14-15H2,1-3H3,(H2,24,26)/t20-,22+/m1/s1. The van der Waals surface area contributed by atoms with Crippen LogP contribution in [0.25, 0.3) is 11.1 Å². The fourth-order valence-corrected chi connectivity index (χ4v) is 3.67. The zero-order valence-electron chi connectivity index (χ0n) is 17.0.